The Hall–Kier alpha value is -3.03. The summed E-state index contributed by atoms with van der Waals surface area (Å²) in [5.74, 6) is 1.75. The molecule has 142 valence electrons. The molecular formula is C20H23N3O4. The molecule has 1 heterocycles. The Bertz CT molecular complexity index is 826. The van der Waals surface area contributed by atoms with E-state index in [-0.39, 0.29) is 0 Å². The summed E-state index contributed by atoms with van der Waals surface area (Å²) in [6.45, 7) is 1.29. The highest BCUT2D eigenvalue weighted by atomic mass is 16.5. The predicted molar refractivity (Wildman–Crippen MR) is 103 cm³/mol. The van der Waals surface area contributed by atoms with Gasteiger partial charge in [0.1, 0.15) is 30.0 Å². The molecule has 2 aromatic rings. The minimum absolute atomic E-state index is 0.305. The lowest BCUT2D eigenvalue weighted by molar-refractivity contribution is -0.142. The molecule has 7 heteroatoms. The number of carbonyl (C=O) groups is 1. The third-order valence-corrected chi connectivity index (χ3v) is 4.16. The molecule has 0 aromatic heterocycles. The Balaban J connectivity index is 1.64. The highest BCUT2D eigenvalue weighted by Crippen LogP contribution is 2.26. The maximum atomic E-state index is 11.4. The van der Waals surface area contributed by atoms with Crippen LogP contribution in [0.1, 0.15) is 11.1 Å². The van der Waals surface area contributed by atoms with Gasteiger partial charge in [-0.1, -0.05) is 18.2 Å². The molecule has 5 N–H and O–H groups in total. The molecule has 1 unspecified atom stereocenters. The van der Waals surface area contributed by atoms with E-state index in [1.807, 2.05) is 30.3 Å². The van der Waals surface area contributed by atoms with Crippen LogP contribution in [0.2, 0.25) is 0 Å². The monoisotopic (exact) mass is 369 g/mol. The van der Waals surface area contributed by atoms with E-state index >= 15 is 0 Å². The molecule has 0 amide bonds. The van der Waals surface area contributed by atoms with Gasteiger partial charge in [-0.3, -0.25) is 10.1 Å². The van der Waals surface area contributed by atoms with Crippen LogP contribution >= 0.6 is 0 Å². The molecule has 0 aliphatic carbocycles. The minimum Gasteiger partial charge on any atom is -0.481 e. The van der Waals surface area contributed by atoms with Gasteiger partial charge in [-0.15, -0.1) is 0 Å². The van der Waals surface area contributed by atoms with Crippen molar-refractivity contribution in [2.75, 3.05) is 26.1 Å². The number of benzene rings is 2. The normalized spacial score (nSPS) is 16.0. The Labute approximate surface area is 157 Å². The second-order valence-corrected chi connectivity index (χ2v) is 6.19. The van der Waals surface area contributed by atoms with E-state index in [0.717, 1.165) is 23.4 Å². The topological polar surface area (TPSA) is 109 Å². The van der Waals surface area contributed by atoms with E-state index in [2.05, 4.69) is 10.1 Å². The summed E-state index contributed by atoms with van der Waals surface area (Å²) < 4.78 is 15.9. The Kier molecular flexibility index (Phi) is 5.95. The molecule has 1 fully saturated rings. The van der Waals surface area contributed by atoms with Gasteiger partial charge in [0, 0.05) is 18.2 Å². The standard InChI is InChI=1S/C20H23N3O4/c1-25-20(24)19(22)9-14-4-7-16(10-18(14)21)27-15-5-2-13(3-6-15)8-17-11-23-12-26-17/h2-8,10,19,23H,9,11-12,21-22H2,1H3. The van der Waals surface area contributed by atoms with Crippen molar-refractivity contribution in [2.45, 2.75) is 12.5 Å². The van der Waals surface area contributed by atoms with Crippen molar-refractivity contribution >= 4 is 17.7 Å². The molecule has 2 aromatic carbocycles. The van der Waals surface area contributed by atoms with Crippen LogP contribution in [-0.2, 0) is 20.7 Å². The van der Waals surface area contributed by atoms with Crippen molar-refractivity contribution in [3.63, 3.8) is 0 Å². The smallest absolute Gasteiger partial charge is 0.322 e. The maximum Gasteiger partial charge on any atom is 0.322 e. The predicted octanol–water partition coefficient (Wildman–Crippen LogP) is 2.02. The number of ether oxygens (including phenoxy) is 3. The zero-order valence-corrected chi connectivity index (χ0v) is 15.1. The zero-order chi connectivity index (χ0) is 19.2. The van der Waals surface area contributed by atoms with Crippen LogP contribution in [-0.4, -0.2) is 32.4 Å². The third kappa shape index (κ3) is 4.99. The molecule has 1 atom stereocenters. The van der Waals surface area contributed by atoms with Crippen LogP contribution in [0.25, 0.3) is 6.08 Å². The van der Waals surface area contributed by atoms with Gasteiger partial charge in [0.05, 0.1) is 13.7 Å². The van der Waals surface area contributed by atoms with E-state index in [4.69, 9.17) is 20.9 Å². The molecule has 27 heavy (non-hydrogen) atoms. The van der Waals surface area contributed by atoms with Gasteiger partial charge in [-0.05, 0) is 35.4 Å². The summed E-state index contributed by atoms with van der Waals surface area (Å²) in [6.07, 6.45) is 2.29. The molecular weight excluding hydrogens is 346 g/mol. The first kappa shape index (κ1) is 18.8. The number of rotatable bonds is 6. The van der Waals surface area contributed by atoms with Gasteiger partial charge in [0.15, 0.2) is 0 Å². The fourth-order valence-electron chi connectivity index (χ4n) is 2.71. The minimum atomic E-state index is -0.746. The largest absolute Gasteiger partial charge is 0.481 e. The maximum absolute atomic E-state index is 11.4. The van der Waals surface area contributed by atoms with Gasteiger partial charge in [0.25, 0.3) is 0 Å². The number of nitrogens with one attached hydrogen (secondary N) is 1. The zero-order valence-electron chi connectivity index (χ0n) is 15.1. The molecule has 3 rings (SSSR count). The molecule has 1 aliphatic heterocycles. The number of esters is 1. The number of hydrogen-bond acceptors (Lipinski definition) is 7. The van der Waals surface area contributed by atoms with Crippen molar-refractivity contribution in [3.8, 4) is 11.5 Å². The summed E-state index contributed by atoms with van der Waals surface area (Å²) in [5.41, 5.74) is 14.2. The number of hydrogen-bond donors (Lipinski definition) is 3. The lowest BCUT2D eigenvalue weighted by Crippen LogP contribution is -2.33. The summed E-state index contributed by atoms with van der Waals surface area (Å²) in [4.78, 5) is 11.4. The highest BCUT2D eigenvalue weighted by molar-refractivity contribution is 5.76. The average molecular weight is 369 g/mol. The summed E-state index contributed by atoms with van der Waals surface area (Å²) >= 11 is 0. The Morgan fingerprint density at radius 2 is 2.00 bits per heavy atom. The van der Waals surface area contributed by atoms with Crippen LogP contribution in [0.5, 0.6) is 11.5 Å². The van der Waals surface area contributed by atoms with E-state index in [0.29, 0.717) is 30.3 Å². The van der Waals surface area contributed by atoms with Gasteiger partial charge in [0.2, 0.25) is 0 Å². The SMILES string of the molecule is COC(=O)C(N)Cc1ccc(Oc2ccc(C=C3CNCO3)cc2)cc1N. The van der Waals surface area contributed by atoms with Crippen LogP contribution in [0, 0.1) is 0 Å². The van der Waals surface area contributed by atoms with Crippen LogP contribution < -0.4 is 21.5 Å². The van der Waals surface area contributed by atoms with Crippen molar-refractivity contribution in [2.24, 2.45) is 5.73 Å². The third-order valence-electron chi connectivity index (χ3n) is 4.16. The Morgan fingerprint density at radius 3 is 2.63 bits per heavy atom. The summed E-state index contributed by atoms with van der Waals surface area (Å²) in [6, 6.07) is 12.2. The van der Waals surface area contributed by atoms with E-state index in [1.54, 1.807) is 18.2 Å². The van der Waals surface area contributed by atoms with Crippen molar-refractivity contribution in [1.82, 2.24) is 5.32 Å². The van der Waals surface area contributed by atoms with Crippen LogP contribution in [0.15, 0.2) is 48.2 Å². The molecule has 1 saturated heterocycles. The van der Waals surface area contributed by atoms with E-state index in [9.17, 15) is 4.79 Å². The number of nitrogens with two attached hydrogens (primary N) is 2. The van der Waals surface area contributed by atoms with Crippen molar-refractivity contribution in [3.05, 3.63) is 59.4 Å². The lowest BCUT2D eigenvalue weighted by Gasteiger charge is -2.13. The molecule has 0 spiro atoms. The van der Waals surface area contributed by atoms with Crippen molar-refractivity contribution < 1.29 is 19.0 Å². The number of methoxy groups -OCH3 is 1. The number of anilines is 1. The van der Waals surface area contributed by atoms with Gasteiger partial charge in [-0.25, -0.2) is 0 Å². The fourth-order valence-corrected chi connectivity index (χ4v) is 2.71. The molecule has 0 bridgehead atoms. The first-order chi connectivity index (χ1) is 13.0. The molecule has 1 aliphatic rings. The fraction of sp³-hybridized carbons (Fsp3) is 0.250. The first-order valence-corrected chi connectivity index (χ1v) is 8.59. The summed E-state index contributed by atoms with van der Waals surface area (Å²) in [7, 11) is 1.31. The average Bonchev–Trinajstić information content (AvgIpc) is 3.18. The highest BCUT2D eigenvalue weighted by Gasteiger charge is 2.16. The number of carbonyl (C=O) groups excluding carboxylic acids is 1. The van der Waals surface area contributed by atoms with Crippen LogP contribution in [0.3, 0.4) is 0 Å². The molecule has 7 nitrogen and oxygen atoms in total. The van der Waals surface area contributed by atoms with Gasteiger partial charge < -0.3 is 25.7 Å². The Morgan fingerprint density at radius 1 is 1.26 bits per heavy atom. The molecule has 0 saturated carbocycles. The van der Waals surface area contributed by atoms with E-state index < -0.39 is 12.0 Å². The lowest BCUT2D eigenvalue weighted by atomic mass is 10.0. The van der Waals surface area contributed by atoms with E-state index in [1.165, 1.54) is 7.11 Å². The number of nitrogen functional groups attached to an aromatic ring is 1. The summed E-state index contributed by atoms with van der Waals surface area (Å²) in [5, 5.41) is 3.11. The molecule has 0 radical (unpaired) electrons. The first-order valence-electron chi connectivity index (χ1n) is 8.59. The van der Waals surface area contributed by atoms with Gasteiger partial charge >= 0.3 is 5.97 Å². The second-order valence-electron chi connectivity index (χ2n) is 6.19. The van der Waals surface area contributed by atoms with Crippen molar-refractivity contribution in [1.29, 1.82) is 0 Å². The van der Waals surface area contributed by atoms with Gasteiger partial charge in [-0.2, -0.15) is 0 Å². The second kappa shape index (κ2) is 8.57. The quantitative estimate of drug-likeness (QED) is 0.528. The van der Waals surface area contributed by atoms with Crippen LogP contribution in [0.4, 0.5) is 5.69 Å².